The third-order valence-corrected chi connectivity index (χ3v) is 8.74. The molecule has 1 spiro atoms. The third-order valence-electron chi connectivity index (χ3n) is 8.74. The minimum atomic E-state index is -1.02. The highest BCUT2D eigenvalue weighted by Gasteiger charge is 2.77. The summed E-state index contributed by atoms with van der Waals surface area (Å²) in [4.78, 5) is 45.3. The predicted molar refractivity (Wildman–Crippen MR) is 140 cm³/mol. The molecule has 2 bridgehead atoms. The number of ether oxygens (including phenoxy) is 2. The first-order valence-corrected chi connectivity index (χ1v) is 13.9. The Morgan fingerprint density at radius 1 is 1.05 bits per heavy atom. The largest absolute Gasteiger partial charge is 0.396 e. The molecule has 38 heavy (non-hydrogen) atoms. The van der Waals surface area contributed by atoms with Crippen LogP contribution >= 0.6 is 0 Å². The van der Waals surface area contributed by atoms with Crippen LogP contribution in [-0.4, -0.2) is 102 Å². The second-order valence-electron chi connectivity index (χ2n) is 11.1. The summed E-state index contributed by atoms with van der Waals surface area (Å²) in [6, 6.07) is 8.43. The van der Waals surface area contributed by atoms with E-state index in [-0.39, 0.29) is 24.3 Å². The lowest BCUT2D eigenvalue weighted by atomic mass is 9.66. The molecule has 5 atom stereocenters. The molecule has 3 N–H and O–H groups in total. The lowest BCUT2D eigenvalue weighted by Crippen LogP contribution is -2.56. The van der Waals surface area contributed by atoms with Gasteiger partial charge in [-0.1, -0.05) is 18.2 Å². The number of likely N-dealkylation sites (tertiary alicyclic amines) is 1. The number of morpholine rings is 1. The number of fused-ring (bicyclic) bond motifs is 1. The SMILES string of the molecule is C[C@]12CCC3(O1)C(C(=O)NCCN1CCOCC1)N(CCCCCO)C(=O)[C@@H]3[C@H]2C(=O)Nc1ccccc1. The van der Waals surface area contributed by atoms with Gasteiger partial charge in [-0.25, -0.2) is 0 Å². The molecule has 0 saturated carbocycles. The number of hydrogen-bond acceptors (Lipinski definition) is 7. The normalized spacial score (nSPS) is 32.4. The van der Waals surface area contributed by atoms with Crippen molar-refractivity contribution in [1.82, 2.24) is 15.1 Å². The molecule has 1 aromatic carbocycles. The number of unbranched alkanes of at least 4 members (excludes halogenated alkanes) is 2. The zero-order chi connectivity index (χ0) is 26.8. The van der Waals surface area contributed by atoms with E-state index < -0.39 is 29.1 Å². The van der Waals surface area contributed by atoms with Gasteiger partial charge < -0.3 is 30.1 Å². The smallest absolute Gasteiger partial charge is 0.245 e. The van der Waals surface area contributed by atoms with Gasteiger partial charge in [0.2, 0.25) is 17.7 Å². The highest BCUT2D eigenvalue weighted by Crippen LogP contribution is 2.63. The number of nitrogens with one attached hydrogen (secondary N) is 2. The summed E-state index contributed by atoms with van der Waals surface area (Å²) in [6.45, 7) is 6.62. The number of carbonyl (C=O) groups excluding carboxylic acids is 3. The minimum Gasteiger partial charge on any atom is -0.396 e. The van der Waals surface area contributed by atoms with Gasteiger partial charge in [0.1, 0.15) is 11.6 Å². The van der Waals surface area contributed by atoms with Crippen LogP contribution in [0.4, 0.5) is 5.69 Å². The fourth-order valence-corrected chi connectivity index (χ4v) is 6.94. The van der Waals surface area contributed by atoms with Crippen LogP contribution in [0.15, 0.2) is 30.3 Å². The third kappa shape index (κ3) is 4.95. The van der Waals surface area contributed by atoms with Gasteiger partial charge in [0.15, 0.2) is 0 Å². The fourth-order valence-electron chi connectivity index (χ4n) is 6.94. The molecule has 0 radical (unpaired) electrons. The molecular formula is C28H40N4O6. The second kappa shape index (κ2) is 11.3. The van der Waals surface area contributed by atoms with Gasteiger partial charge in [-0.05, 0) is 51.2 Å². The molecule has 5 rings (SSSR count). The van der Waals surface area contributed by atoms with Crippen LogP contribution in [0.2, 0.25) is 0 Å². The molecule has 208 valence electrons. The molecule has 4 aliphatic heterocycles. The first-order valence-electron chi connectivity index (χ1n) is 13.9. The molecule has 2 unspecified atom stereocenters. The molecule has 4 heterocycles. The molecule has 10 heteroatoms. The quantitative estimate of drug-likeness (QED) is 0.367. The highest BCUT2D eigenvalue weighted by atomic mass is 16.5. The summed E-state index contributed by atoms with van der Waals surface area (Å²) >= 11 is 0. The molecule has 4 aliphatic rings. The molecule has 10 nitrogen and oxygen atoms in total. The zero-order valence-corrected chi connectivity index (χ0v) is 22.2. The molecule has 0 aromatic heterocycles. The van der Waals surface area contributed by atoms with Crippen molar-refractivity contribution in [1.29, 1.82) is 0 Å². The minimum absolute atomic E-state index is 0.0924. The van der Waals surface area contributed by atoms with E-state index in [4.69, 9.17) is 9.47 Å². The number of aliphatic hydroxyl groups excluding tert-OH is 1. The summed E-state index contributed by atoms with van der Waals surface area (Å²) < 4.78 is 12.1. The van der Waals surface area contributed by atoms with Crippen LogP contribution in [0.5, 0.6) is 0 Å². The number of rotatable bonds is 11. The van der Waals surface area contributed by atoms with Crippen LogP contribution in [-0.2, 0) is 23.9 Å². The second-order valence-corrected chi connectivity index (χ2v) is 11.1. The van der Waals surface area contributed by atoms with E-state index in [1.807, 2.05) is 37.3 Å². The lowest BCUT2D eigenvalue weighted by molar-refractivity contribution is -0.145. The van der Waals surface area contributed by atoms with Crippen LogP contribution in [0.3, 0.4) is 0 Å². The zero-order valence-electron chi connectivity index (χ0n) is 22.2. The number of para-hydroxylation sites is 1. The van der Waals surface area contributed by atoms with Gasteiger partial charge in [-0.15, -0.1) is 0 Å². The van der Waals surface area contributed by atoms with E-state index >= 15 is 0 Å². The maximum absolute atomic E-state index is 14.0. The summed E-state index contributed by atoms with van der Waals surface area (Å²) in [5, 5.41) is 15.2. The first-order chi connectivity index (χ1) is 18.4. The summed E-state index contributed by atoms with van der Waals surface area (Å²) in [7, 11) is 0. The number of hydrogen-bond donors (Lipinski definition) is 3. The average Bonchev–Trinajstić information content (AvgIpc) is 3.48. The number of anilines is 1. The first kappa shape index (κ1) is 27.1. The molecule has 4 saturated heterocycles. The predicted octanol–water partition coefficient (Wildman–Crippen LogP) is 1.00. The number of carbonyl (C=O) groups is 3. The Hall–Kier alpha value is -2.53. The van der Waals surface area contributed by atoms with Crippen molar-refractivity contribution in [3.63, 3.8) is 0 Å². The van der Waals surface area contributed by atoms with Crippen molar-refractivity contribution in [3.8, 4) is 0 Å². The van der Waals surface area contributed by atoms with Gasteiger partial charge in [-0.2, -0.15) is 0 Å². The summed E-state index contributed by atoms with van der Waals surface area (Å²) in [5.41, 5.74) is -1.17. The van der Waals surface area contributed by atoms with E-state index in [2.05, 4.69) is 15.5 Å². The van der Waals surface area contributed by atoms with Crippen molar-refractivity contribution in [3.05, 3.63) is 30.3 Å². The monoisotopic (exact) mass is 528 g/mol. The highest BCUT2D eigenvalue weighted by molar-refractivity contribution is 6.02. The number of nitrogens with zero attached hydrogens (tertiary/aromatic N) is 2. The van der Waals surface area contributed by atoms with Gasteiger partial charge in [0, 0.05) is 45.0 Å². The Balaban J connectivity index is 1.36. The summed E-state index contributed by atoms with van der Waals surface area (Å²) in [5.74, 6) is -2.04. The summed E-state index contributed by atoms with van der Waals surface area (Å²) in [6.07, 6.45) is 3.23. The lowest BCUT2D eigenvalue weighted by Gasteiger charge is -2.34. The van der Waals surface area contributed by atoms with Gasteiger partial charge in [0.05, 0.1) is 30.7 Å². The Morgan fingerprint density at radius 3 is 2.55 bits per heavy atom. The van der Waals surface area contributed by atoms with Crippen molar-refractivity contribution in [2.75, 3.05) is 57.9 Å². The fraction of sp³-hybridized carbons (Fsp3) is 0.679. The van der Waals surface area contributed by atoms with E-state index in [0.717, 1.165) is 19.5 Å². The maximum atomic E-state index is 14.0. The van der Waals surface area contributed by atoms with Crippen molar-refractivity contribution < 1.29 is 29.0 Å². The molecular weight excluding hydrogens is 488 g/mol. The van der Waals surface area contributed by atoms with Gasteiger partial charge in [0.25, 0.3) is 0 Å². The Labute approximate surface area is 224 Å². The van der Waals surface area contributed by atoms with E-state index in [1.54, 1.807) is 4.90 Å². The van der Waals surface area contributed by atoms with E-state index in [9.17, 15) is 19.5 Å². The maximum Gasteiger partial charge on any atom is 0.245 e. The number of amides is 3. The Kier molecular flexibility index (Phi) is 8.04. The van der Waals surface area contributed by atoms with E-state index in [0.29, 0.717) is 64.2 Å². The van der Waals surface area contributed by atoms with Gasteiger partial charge in [-0.3, -0.25) is 19.3 Å². The van der Waals surface area contributed by atoms with Crippen LogP contribution < -0.4 is 10.6 Å². The van der Waals surface area contributed by atoms with Crippen molar-refractivity contribution >= 4 is 23.4 Å². The number of aliphatic hydroxyl groups is 1. The van der Waals surface area contributed by atoms with E-state index in [1.165, 1.54) is 0 Å². The molecule has 3 amide bonds. The average molecular weight is 529 g/mol. The Bertz CT molecular complexity index is 1020. The Morgan fingerprint density at radius 2 is 1.82 bits per heavy atom. The molecule has 1 aromatic rings. The van der Waals surface area contributed by atoms with Gasteiger partial charge >= 0.3 is 0 Å². The van der Waals surface area contributed by atoms with Crippen molar-refractivity contribution in [2.45, 2.75) is 56.3 Å². The van der Waals surface area contributed by atoms with Crippen LogP contribution in [0, 0.1) is 11.8 Å². The topological polar surface area (TPSA) is 120 Å². The standard InChI is InChI=1S/C28H40N4O6/c1-27-10-11-28(38-27)22(21(27)24(34)30-20-8-4-2-5-9-20)26(36)32(13-6-3-7-17-33)23(28)25(35)29-12-14-31-15-18-37-19-16-31/h2,4-5,8-9,21-23,33H,3,6-7,10-19H2,1H3,(H,29,35)(H,30,34)/t21-,22-,23?,27+,28?/m0/s1. The van der Waals surface area contributed by atoms with Crippen LogP contribution in [0.25, 0.3) is 0 Å². The molecule has 4 fully saturated rings. The van der Waals surface area contributed by atoms with Crippen molar-refractivity contribution in [2.24, 2.45) is 11.8 Å². The van der Waals surface area contributed by atoms with Crippen LogP contribution in [0.1, 0.15) is 39.0 Å². The number of benzene rings is 1. The molecule has 0 aliphatic carbocycles.